The Labute approximate surface area is 158 Å². The number of hydrogen-bond donors (Lipinski definition) is 0. The SMILES string of the molecule is Cc1nc2ccccc2c(-c2ccccc2)c1C(=O)/C=C/c1ccccc1. The van der Waals surface area contributed by atoms with Crippen LogP contribution in [0.1, 0.15) is 21.6 Å². The van der Waals surface area contributed by atoms with Gasteiger partial charge in [-0.15, -0.1) is 0 Å². The predicted octanol–water partition coefficient (Wildman–Crippen LogP) is 6.11. The zero-order valence-corrected chi connectivity index (χ0v) is 15.1. The van der Waals surface area contributed by atoms with Crippen molar-refractivity contribution in [1.82, 2.24) is 4.98 Å². The van der Waals surface area contributed by atoms with Gasteiger partial charge in [0.15, 0.2) is 5.78 Å². The zero-order chi connectivity index (χ0) is 18.6. The van der Waals surface area contributed by atoms with Crippen LogP contribution in [0.3, 0.4) is 0 Å². The molecular weight excluding hydrogens is 330 g/mol. The number of rotatable bonds is 4. The molecule has 0 bridgehead atoms. The van der Waals surface area contributed by atoms with Crippen molar-refractivity contribution >= 4 is 22.8 Å². The van der Waals surface area contributed by atoms with Crippen molar-refractivity contribution in [1.29, 1.82) is 0 Å². The van der Waals surface area contributed by atoms with Crippen molar-refractivity contribution in [2.45, 2.75) is 6.92 Å². The van der Waals surface area contributed by atoms with E-state index >= 15 is 0 Å². The summed E-state index contributed by atoms with van der Waals surface area (Å²) in [5, 5.41) is 0.991. The average molecular weight is 349 g/mol. The highest BCUT2D eigenvalue weighted by molar-refractivity contribution is 6.16. The molecule has 0 aliphatic carbocycles. The Hall–Kier alpha value is -3.52. The van der Waals surface area contributed by atoms with E-state index in [1.54, 1.807) is 6.08 Å². The Morgan fingerprint density at radius 2 is 1.44 bits per heavy atom. The molecule has 1 heterocycles. The fraction of sp³-hybridized carbons (Fsp3) is 0.0400. The quantitative estimate of drug-likeness (QED) is 0.329. The van der Waals surface area contributed by atoms with Crippen LogP contribution in [0.5, 0.6) is 0 Å². The predicted molar refractivity (Wildman–Crippen MR) is 112 cm³/mol. The summed E-state index contributed by atoms with van der Waals surface area (Å²) in [6, 6.07) is 27.9. The summed E-state index contributed by atoms with van der Waals surface area (Å²) in [5.74, 6) is -0.0338. The van der Waals surface area contributed by atoms with E-state index in [2.05, 4.69) is 4.98 Å². The van der Waals surface area contributed by atoms with Crippen LogP contribution in [-0.4, -0.2) is 10.8 Å². The molecule has 0 saturated carbocycles. The van der Waals surface area contributed by atoms with E-state index in [0.717, 1.165) is 33.3 Å². The Bertz CT molecular complexity index is 1130. The van der Waals surface area contributed by atoms with E-state index in [1.807, 2.05) is 97.9 Å². The van der Waals surface area contributed by atoms with Gasteiger partial charge in [-0.25, -0.2) is 0 Å². The summed E-state index contributed by atoms with van der Waals surface area (Å²) in [4.78, 5) is 17.8. The normalized spacial score (nSPS) is 11.1. The number of allylic oxidation sites excluding steroid dienone is 1. The second kappa shape index (κ2) is 7.38. The molecule has 130 valence electrons. The molecule has 0 saturated heterocycles. The van der Waals surface area contributed by atoms with Crippen molar-refractivity contribution in [2.75, 3.05) is 0 Å². The van der Waals surface area contributed by atoms with Gasteiger partial charge in [0, 0.05) is 16.6 Å². The number of ketones is 1. The van der Waals surface area contributed by atoms with E-state index < -0.39 is 0 Å². The van der Waals surface area contributed by atoms with Crippen molar-refractivity contribution in [3.63, 3.8) is 0 Å². The van der Waals surface area contributed by atoms with Crippen molar-refractivity contribution < 1.29 is 4.79 Å². The van der Waals surface area contributed by atoms with E-state index in [4.69, 9.17) is 0 Å². The highest BCUT2D eigenvalue weighted by Crippen LogP contribution is 2.33. The first-order chi connectivity index (χ1) is 13.2. The maximum Gasteiger partial charge on any atom is 0.188 e. The van der Waals surface area contributed by atoms with Gasteiger partial charge >= 0.3 is 0 Å². The fourth-order valence-electron chi connectivity index (χ4n) is 3.36. The molecule has 0 N–H and O–H groups in total. The van der Waals surface area contributed by atoms with Gasteiger partial charge in [0.1, 0.15) is 0 Å². The number of hydrogen-bond acceptors (Lipinski definition) is 2. The second-order valence-electron chi connectivity index (χ2n) is 6.44. The van der Waals surface area contributed by atoms with Crippen LogP contribution >= 0.6 is 0 Å². The van der Waals surface area contributed by atoms with Crippen LogP contribution in [0, 0.1) is 6.92 Å². The Morgan fingerprint density at radius 1 is 0.815 bits per heavy atom. The topological polar surface area (TPSA) is 30.0 Å². The Morgan fingerprint density at radius 3 is 2.19 bits per heavy atom. The third kappa shape index (κ3) is 3.42. The van der Waals surface area contributed by atoms with Crippen LogP contribution < -0.4 is 0 Å². The van der Waals surface area contributed by atoms with Gasteiger partial charge in [0.05, 0.1) is 11.1 Å². The summed E-state index contributed by atoms with van der Waals surface area (Å²) >= 11 is 0. The monoisotopic (exact) mass is 349 g/mol. The molecule has 0 fully saturated rings. The van der Waals surface area contributed by atoms with Gasteiger partial charge < -0.3 is 0 Å². The molecule has 4 aromatic rings. The van der Waals surface area contributed by atoms with Crippen molar-refractivity contribution in [3.05, 3.63) is 108 Å². The number of para-hydroxylation sites is 1. The lowest BCUT2D eigenvalue weighted by Crippen LogP contribution is -2.05. The van der Waals surface area contributed by atoms with Gasteiger partial charge in [-0.3, -0.25) is 9.78 Å². The average Bonchev–Trinajstić information content (AvgIpc) is 2.72. The number of nitrogens with zero attached hydrogens (tertiary/aromatic N) is 1. The largest absolute Gasteiger partial charge is 0.289 e. The lowest BCUT2D eigenvalue weighted by molar-refractivity contribution is 0.104. The van der Waals surface area contributed by atoms with Gasteiger partial charge in [0.25, 0.3) is 0 Å². The maximum atomic E-state index is 13.1. The smallest absolute Gasteiger partial charge is 0.188 e. The molecule has 27 heavy (non-hydrogen) atoms. The van der Waals surface area contributed by atoms with Crippen LogP contribution in [0.15, 0.2) is 91.0 Å². The fourth-order valence-corrected chi connectivity index (χ4v) is 3.36. The highest BCUT2D eigenvalue weighted by Gasteiger charge is 2.18. The molecule has 4 rings (SSSR count). The van der Waals surface area contributed by atoms with Crippen molar-refractivity contribution in [3.8, 4) is 11.1 Å². The Kier molecular flexibility index (Phi) is 4.63. The molecule has 2 heteroatoms. The van der Waals surface area contributed by atoms with Crippen LogP contribution in [-0.2, 0) is 0 Å². The lowest BCUT2D eigenvalue weighted by atomic mass is 9.92. The molecule has 0 aliphatic heterocycles. The minimum Gasteiger partial charge on any atom is -0.289 e. The number of pyridine rings is 1. The minimum atomic E-state index is -0.0338. The summed E-state index contributed by atoms with van der Waals surface area (Å²) in [7, 11) is 0. The number of fused-ring (bicyclic) bond motifs is 1. The summed E-state index contributed by atoms with van der Waals surface area (Å²) < 4.78 is 0. The van der Waals surface area contributed by atoms with E-state index in [9.17, 15) is 4.79 Å². The van der Waals surface area contributed by atoms with E-state index in [1.165, 1.54) is 0 Å². The van der Waals surface area contributed by atoms with Crippen molar-refractivity contribution in [2.24, 2.45) is 0 Å². The molecule has 2 nitrogen and oxygen atoms in total. The first-order valence-electron chi connectivity index (χ1n) is 8.96. The second-order valence-corrected chi connectivity index (χ2v) is 6.44. The lowest BCUT2D eigenvalue weighted by Gasteiger charge is -2.14. The van der Waals surface area contributed by atoms with Crippen LogP contribution in [0.2, 0.25) is 0 Å². The highest BCUT2D eigenvalue weighted by atomic mass is 16.1. The van der Waals surface area contributed by atoms with Crippen LogP contribution in [0.25, 0.3) is 28.1 Å². The number of carbonyl (C=O) groups excluding carboxylic acids is 1. The van der Waals surface area contributed by atoms with E-state index in [0.29, 0.717) is 5.56 Å². The molecule has 0 atom stereocenters. The molecular formula is C25H19NO. The maximum absolute atomic E-state index is 13.1. The van der Waals surface area contributed by atoms with Gasteiger partial charge in [-0.1, -0.05) is 84.9 Å². The standard InChI is InChI=1S/C25H19NO/c1-18-24(23(27)17-16-19-10-4-2-5-11-19)25(20-12-6-3-7-13-20)21-14-8-9-15-22(21)26-18/h2-17H,1H3/b17-16+. The minimum absolute atomic E-state index is 0.0338. The third-order valence-corrected chi connectivity index (χ3v) is 4.61. The number of aryl methyl sites for hydroxylation is 1. The summed E-state index contributed by atoms with van der Waals surface area (Å²) in [5.41, 5.74) is 5.27. The first kappa shape index (κ1) is 16.9. The summed E-state index contributed by atoms with van der Waals surface area (Å²) in [6.07, 6.45) is 3.49. The first-order valence-corrected chi connectivity index (χ1v) is 8.96. The molecule has 0 radical (unpaired) electrons. The number of carbonyl (C=O) groups is 1. The Balaban J connectivity index is 1.90. The molecule has 0 spiro atoms. The number of aromatic nitrogens is 1. The summed E-state index contributed by atoms with van der Waals surface area (Å²) in [6.45, 7) is 1.91. The van der Waals surface area contributed by atoms with Gasteiger partial charge in [-0.05, 0) is 30.2 Å². The molecule has 1 aromatic heterocycles. The molecule has 0 amide bonds. The van der Waals surface area contributed by atoms with Crippen LogP contribution in [0.4, 0.5) is 0 Å². The van der Waals surface area contributed by atoms with Gasteiger partial charge in [-0.2, -0.15) is 0 Å². The molecule has 3 aromatic carbocycles. The van der Waals surface area contributed by atoms with E-state index in [-0.39, 0.29) is 5.78 Å². The zero-order valence-electron chi connectivity index (χ0n) is 15.1. The van der Waals surface area contributed by atoms with Gasteiger partial charge in [0.2, 0.25) is 0 Å². The third-order valence-electron chi connectivity index (χ3n) is 4.61. The molecule has 0 unspecified atom stereocenters. The molecule has 0 aliphatic rings. The number of benzene rings is 3.